The van der Waals surface area contributed by atoms with Gasteiger partial charge in [0.15, 0.2) is 0 Å². The van der Waals surface area contributed by atoms with Crippen LogP contribution in [-0.4, -0.2) is 48.3 Å². The van der Waals surface area contributed by atoms with E-state index in [0.29, 0.717) is 5.56 Å². The molecule has 0 radical (unpaired) electrons. The van der Waals surface area contributed by atoms with E-state index in [2.05, 4.69) is 40.6 Å². The Balaban J connectivity index is 1.60. The van der Waals surface area contributed by atoms with Crippen LogP contribution in [0.3, 0.4) is 0 Å². The van der Waals surface area contributed by atoms with E-state index in [1.165, 1.54) is 12.0 Å². The largest absolute Gasteiger partial charge is 0.389 e. The van der Waals surface area contributed by atoms with E-state index in [-0.39, 0.29) is 5.92 Å². The molecule has 2 aromatic carbocycles. The van der Waals surface area contributed by atoms with Crippen LogP contribution in [0.15, 0.2) is 48.5 Å². The Morgan fingerprint density at radius 3 is 2.41 bits per heavy atom. The summed E-state index contributed by atoms with van der Waals surface area (Å²) in [5, 5.41) is 24.2. The van der Waals surface area contributed by atoms with Crippen molar-refractivity contribution in [3.05, 3.63) is 59.7 Å². The predicted molar refractivity (Wildman–Crippen MR) is 117 cm³/mol. The van der Waals surface area contributed by atoms with E-state index in [9.17, 15) is 5.11 Å². The van der Waals surface area contributed by atoms with Crippen molar-refractivity contribution in [1.29, 1.82) is 5.26 Å². The lowest BCUT2D eigenvalue weighted by atomic mass is 9.72. The second kappa shape index (κ2) is 9.09. The highest BCUT2D eigenvalue weighted by Gasteiger charge is 2.39. The van der Waals surface area contributed by atoms with Gasteiger partial charge in [0, 0.05) is 38.6 Å². The molecular weight excluding hydrogens is 358 g/mol. The topological polar surface area (TPSA) is 59.3 Å². The number of nitriles is 1. The van der Waals surface area contributed by atoms with Crippen LogP contribution >= 0.6 is 0 Å². The quantitative estimate of drug-likeness (QED) is 0.814. The predicted octanol–water partition coefficient (Wildman–Crippen LogP) is 3.91. The minimum Gasteiger partial charge on any atom is -0.389 e. The number of hydrogen-bond donors (Lipinski definition) is 2. The molecule has 152 valence electrons. The van der Waals surface area contributed by atoms with Gasteiger partial charge in [-0.1, -0.05) is 55.7 Å². The van der Waals surface area contributed by atoms with Crippen molar-refractivity contribution in [3.8, 4) is 17.2 Å². The lowest BCUT2D eigenvalue weighted by molar-refractivity contribution is -0.0316. The van der Waals surface area contributed by atoms with Crippen LogP contribution in [0.4, 0.5) is 0 Å². The van der Waals surface area contributed by atoms with Crippen molar-refractivity contribution in [2.45, 2.75) is 43.6 Å². The highest BCUT2D eigenvalue weighted by atomic mass is 16.3. The second-order valence-electron chi connectivity index (χ2n) is 8.58. The molecule has 4 rings (SSSR count). The van der Waals surface area contributed by atoms with Gasteiger partial charge in [-0.3, -0.25) is 0 Å². The molecule has 29 heavy (non-hydrogen) atoms. The third-order valence-electron chi connectivity index (χ3n) is 6.66. The SMILES string of the molecule is N#Cc1cccc(-c2ccc(C(CN3CCNCC3)C3(O)CCCCC3)cc2)c1. The molecule has 4 heteroatoms. The summed E-state index contributed by atoms with van der Waals surface area (Å²) in [6.45, 7) is 5.07. The lowest BCUT2D eigenvalue weighted by Gasteiger charge is -2.42. The normalized spacial score (nSPS) is 20.7. The first-order valence-electron chi connectivity index (χ1n) is 10.9. The van der Waals surface area contributed by atoms with Crippen molar-refractivity contribution in [2.75, 3.05) is 32.7 Å². The maximum Gasteiger partial charge on any atom is 0.0991 e. The Kier molecular flexibility index (Phi) is 6.30. The van der Waals surface area contributed by atoms with Crippen molar-refractivity contribution in [2.24, 2.45) is 0 Å². The van der Waals surface area contributed by atoms with Gasteiger partial charge in [-0.25, -0.2) is 0 Å². The molecule has 2 aromatic rings. The molecule has 1 aliphatic heterocycles. The molecule has 0 spiro atoms. The van der Waals surface area contributed by atoms with E-state index in [4.69, 9.17) is 5.26 Å². The van der Waals surface area contributed by atoms with Crippen molar-refractivity contribution in [1.82, 2.24) is 10.2 Å². The zero-order chi connectivity index (χ0) is 20.1. The second-order valence-corrected chi connectivity index (χ2v) is 8.58. The Morgan fingerprint density at radius 1 is 1.00 bits per heavy atom. The Labute approximate surface area is 174 Å². The molecule has 1 aliphatic carbocycles. The van der Waals surface area contributed by atoms with Gasteiger partial charge in [0.2, 0.25) is 0 Å². The fourth-order valence-corrected chi connectivity index (χ4v) is 4.93. The summed E-state index contributed by atoms with van der Waals surface area (Å²) in [5.74, 6) is 0.139. The van der Waals surface area contributed by atoms with E-state index in [1.54, 1.807) is 0 Å². The van der Waals surface area contributed by atoms with Crippen molar-refractivity contribution in [3.63, 3.8) is 0 Å². The fraction of sp³-hybridized carbons (Fsp3) is 0.480. The minimum absolute atomic E-state index is 0.139. The summed E-state index contributed by atoms with van der Waals surface area (Å²) in [5.41, 5.74) is 3.48. The summed E-state index contributed by atoms with van der Waals surface area (Å²) in [6, 6.07) is 18.6. The van der Waals surface area contributed by atoms with Crippen LogP contribution in [0.25, 0.3) is 11.1 Å². The van der Waals surface area contributed by atoms with Crippen LogP contribution in [0, 0.1) is 11.3 Å². The number of aliphatic hydroxyl groups is 1. The van der Waals surface area contributed by atoms with Gasteiger partial charge < -0.3 is 15.3 Å². The molecule has 1 saturated heterocycles. The molecule has 2 fully saturated rings. The molecule has 4 nitrogen and oxygen atoms in total. The summed E-state index contributed by atoms with van der Waals surface area (Å²) < 4.78 is 0. The molecular formula is C25H31N3O. The Hall–Kier alpha value is -2.19. The minimum atomic E-state index is -0.606. The Morgan fingerprint density at radius 2 is 1.72 bits per heavy atom. The first-order chi connectivity index (χ1) is 14.2. The third-order valence-corrected chi connectivity index (χ3v) is 6.66. The number of benzene rings is 2. The van der Waals surface area contributed by atoms with Crippen LogP contribution in [0.1, 0.15) is 49.1 Å². The molecule has 1 unspecified atom stereocenters. The number of nitrogens with one attached hydrogen (secondary N) is 1. The van der Waals surface area contributed by atoms with Gasteiger partial charge in [0.25, 0.3) is 0 Å². The van der Waals surface area contributed by atoms with E-state index < -0.39 is 5.60 Å². The standard InChI is InChI=1S/C25H31N3O/c26-18-20-5-4-6-23(17-20)21-7-9-22(10-8-21)24(19-28-15-13-27-14-16-28)25(29)11-2-1-3-12-25/h4-10,17,24,27,29H,1-3,11-16,19H2. The van der Waals surface area contributed by atoms with Gasteiger partial charge in [-0.2, -0.15) is 5.26 Å². The van der Waals surface area contributed by atoms with E-state index in [0.717, 1.165) is 69.5 Å². The first kappa shape index (κ1) is 20.1. The average molecular weight is 390 g/mol. The average Bonchev–Trinajstić information content (AvgIpc) is 2.79. The zero-order valence-electron chi connectivity index (χ0n) is 17.1. The summed E-state index contributed by atoms with van der Waals surface area (Å²) >= 11 is 0. The number of piperazine rings is 1. The van der Waals surface area contributed by atoms with Gasteiger partial charge in [-0.15, -0.1) is 0 Å². The summed E-state index contributed by atoms with van der Waals surface area (Å²) in [4.78, 5) is 2.50. The van der Waals surface area contributed by atoms with Crippen molar-refractivity contribution < 1.29 is 5.11 Å². The molecule has 0 aromatic heterocycles. The van der Waals surface area contributed by atoms with Gasteiger partial charge in [0.1, 0.15) is 0 Å². The monoisotopic (exact) mass is 389 g/mol. The maximum atomic E-state index is 11.6. The molecule has 0 bridgehead atoms. The van der Waals surface area contributed by atoms with Crippen LogP contribution in [0.5, 0.6) is 0 Å². The molecule has 1 saturated carbocycles. The molecule has 0 amide bonds. The Bertz CT molecular complexity index is 843. The number of rotatable bonds is 5. The van der Waals surface area contributed by atoms with Crippen LogP contribution in [-0.2, 0) is 0 Å². The maximum absolute atomic E-state index is 11.6. The van der Waals surface area contributed by atoms with Crippen LogP contribution < -0.4 is 5.32 Å². The van der Waals surface area contributed by atoms with Gasteiger partial charge in [0.05, 0.1) is 17.2 Å². The third kappa shape index (κ3) is 4.70. The number of hydrogen-bond acceptors (Lipinski definition) is 4. The van der Waals surface area contributed by atoms with Gasteiger partial charge >= 0.3 is 0 Å². The molecule has 2 aliphatic rings. The fourth-order valence-electron chi connectivity index (χ4n) is 4.93. The molecule has 1 heterocycles. The highest BCUT2D eigenvalue weighted by Crippen LogP contribution is 2.41. The van der Waals surface area contributed by atoms with Gasteiger partial charge in [-0.05, 0) is 41.7 Å². The summed E-state index contributed by atoms with van der Waals surface area (Å²) in [7, 11) is 0. The smallest absolute Gasteiger partial charge is 0.0991 e. The molecule has 2 N–H and O–H groups in total. The first-order valence-corrected chi connectivity index (χ1v) is 10.9. The number of nitrogens with zero attached hydrogens (tertiary/aromatic N) is 2. The summed E-state index contributed by atoms with van der Waals surface area (Å²) in [6.07, 6.45) is 5.27. The van der Waals surface area contributed by atoms with Crippen LogP contribution in [0.2, 0.25) is 0 Å². The highest BCUT2D eigenvalue weighted by molar-refractivity contribution is 5.65. The lowest BCUT2D eigenvalue weighted by Crippen LogP contribution is -2.49. The molecule has 1 atom stereocenters. The zero-order valence-corrected chi connectivity index (χ0v) is 17.1. The van der Waals surface area contributed by atoms with E-state index >= 15 is 0 Å². The van der Waals surface area contributed by atoms with E-state index in [1.807, 2.05) is 24.3 Å². The van der Waals surface area contributed by atoms with Crippen molar-refractivity contribution >= 4 is 0 Å².